The Morgan fingerprint density at radius 3 is 2.82 bits per heavy atom. The molecule has 1 saturated heterocycles. The molecular formula is C10H23Cl2N3O2. The molecule has 1 amide bonds. The highest BCUT2D eigenvalue weighted by Crippen LogP contribution is 2.04. The molecule has 0 aliphatic carbocycles. The van der Waals surface area contributed by atoms with Crippen molar-refractivity contribution in [3.63, 3.8) is 0 Å². The second-order valence-corrected chi connectivity index (χ2v) is 3.69. The van der Waals surface area contributed by atoms with Crippen LogP contribution in [-0.2, 0) is 9.53 Å². The van der Waals surface area contributed by atoms with E-state index in [9.17, 15) is 4.79 Å². The summed E-state index contributed by atoms with van der Waals surface area (Å²) in [4.78, 5) is 13.8. The van der Waals surface area contributed by atoms with Gasteiger partial charge >= 0.3 is 0 Å². The second kappa shape index (κ2) is 11.0. The molecule has 1 aliphatic rings. The maximum absolute atomic E-state index is 11.6. The summed E-state index contributed by atoms with van der Waals surface area (Å²) in [6, 6.07) is 0. The van der Waals surface area contributed by atoms with Crippen LogP contribution in [0.3, 0.4) is 0 Å². The summed E-state index contributed by atoms with van der Waals surface area (Å²) >= 11 is 0. The van der Waals surface area contributed by atoms with Crippen LogP contribution in [0, 0.1) is 0 Å². The lowest BCUT2D eigenvalue weighted by Gasteiger charge is -2.31. The monoisotopic (exact) mass is 287 g/mol. The van der Waals surface area contributed by atoms with Crippen molar-refractivity contribution in [2.24, 2.45) is 5.73 Å². The van der Waals surface area contributed by atoms with Crippen LogP contribution in [0.1, 0.15) is 13.3 Å². The lowest BCUT2D eigenvalue weighted by Crippen LogP contribution is -2.49. The molecule has 1 fully saturated rings. The molecule has 0 radical (unpaired) electrons. The Balaban J connectivity index is 0. The summed E-state index contributed by atoms with van der Waals surface area (Å²) in [6.45, 7) is 6.57. The molecule has 1 unspecified atom stereocenters. The van der Waals surface area contributed by atoms with Gasteiger partial charge in [-0.3, -0.25) is 9.69 Å². The Morgan fingerprint density at radius 1 is 1.53 bits per heavy atom. The van der Waals surface area contributed by atoms with Crippen molar-refractivity contribution >= 4 is 30.7 Å². The van der Waals surface area contributed by atoms with Gasteiger partial charge in [0.15, 0.2) is 0 Å². The fourth-order valence-electron chi connectivity index (χ4n) is 1.58. The average molecular weight is 288 g/mol. The van der Waals surface area contributed by atoms with Gasteiger partial charge in [0.05, 0.1) is 6.61 Å². The Bertz CT molecular complexity index is 208. The van der Waals surface area contributed by atoms with Crippen LogP contribution in [-0.4, -0.2) is 56.2 Å². The Kier molecular flexibility index (Phi) is 12.5. The number of carbonyl (C=O) groups is 1. The van der Waals surface area contributed by atoms with E-state index in [4.69, 9.17) is 10.5 Å². The van der Waals surface area contributed by atoms with Crippen LogP contribution in [0.5, 0.6) is 0 Å². The van der Waals surface area contributed by atoms with E-state index >= 15 is 0 Å². The number of ether oxygens (including phenoxy) is 1. The number of morpholine rings is 1. The highest BCUT2D eigenvalue weighted by atomic mass is 35.5. The second-order valence-electron chi connectivity index (χ2n) is 3.69. The molecule has 104 valence electrons. The SMILES string of the molecule is CCN1CCOC(C(=O)NCCCN)C1.Cl.Cl. The third kappa shape index (κ3) is 7.06. The van der Waals surface area contributed by atoms with Gasteiger partial charge in [0.25, 0.3) is 0 Å². The summed E-state index contributed by atoms with van der Waals surface area (Å²) in [5, 5.41) is 2.83. The summed E-state index contributed by atoms with van der Waals surface area (Å²) < 4.78 is 5.42. The minimum Gasteiger partial charge on any atom is -0.366 e. The fourth-order valence-corrected chi connectivity index (χ4v) is 1.58. The predicted molar refractivity (Wildman–Crippen MR) is 73.0 cm³/mol. The van der Waals surface area contributed by atoms with Gasteiger partial charge in [-0.2, -0.15) is 0 Å². The van der Waals surface area contributed by atoms with E-state index in [-0.39, 0.29) is 36.8 Å². The van der Waals surface area contributed by atoms with Gasteiger partial charge in [-0.05, 0) is 19.5 Å². The molecule has 1 atom stereocenters. The predicted octanol–water partition coefficient (Wildman–Crippen LogP) is 0.0157. The maximum atomic E-state index is 11.6. The van der Waals surface area contributed by atoms with E-state index in [0.717, 1.165) is 19.5 Å². The first-order valence-electron chi connectivity index (χ1n) is 5.59. The van der Waals surface area contributed by atoms with Crippen molar-refractivity contribution in [2.75, 3.05) is 39.3 Å². The summed E-state index contributed by atoms with van der Waals surface area (Å²) in [7, 11) is 0. The average Bonchev–Trinajstić information content (AvgIpc) is 2.29. The third-order valence-corrected chi connectivity index (χ3v) is 2.57. The van der Waals surface area contributed by atoms with Gasteiger partial charge in [-0.15, -0.1) is 24.8 Å². The van der Waals surface area contributed by atoms with Gasteiger partial charge in [-0.25, -0.2) is 0 Å². The molecule has 1 heterocycles. The minimum atomic E-state index is -0.309. The van der Waals surface area contributed by atoms with Crippen LogP contribution >= 0.6 is 24.8 Å². The van der Waals surface area contributed by atoms with E-state index in [1.165, 1.54) is 0 Å². The Hall–Kier alpha value is -0.0700. The molecule has 0 aromatic carbocycles. The third-order valence-electron chi connectivity index (χ3n) is 2.57. The van der Waals surface area contributed by atoms with E-state index < -0.39 is 0 Å². The molecule has 0 spiro atoms. The largest absolute Gasteiger partial charge is 0.366 e. The van der Waals surface area contributed by atoms with Crippen LogP contribution in [0.4, 0.5) is 0 Å². The molecule has 1 aliphatic heterocycles. The number of amides is 1. The fraction of sp³-hybridized carbons (Fsp3) is 0.900. The molecule has 0 aromatic heterocycles. The number of nitrogens with zero attached hydrogens (tertiary/aromatic N) is 1. The zero-order valence-corrected chi connectivity index (χ0v) is 11.8. The van der Waals surface area contributed by atoms with Gasteiger partial charge in [0.2, 0.25) is 5.91 Å². The molecule has 5 nitrogen and oxygen atoms in total. The van der Waals surface area contributed by atoms with Crippen LogP contribution < -0.4 is 11.1 Å². The topological polar surface area (TPSA) is 67.6 Å². The van der Waals surface area contributed by atoms with E-state index in [0.29, 0.717) is 26.2 Å². The summed E-state index contributed by atoms with van der Waals surface area (Å²) in [5.41, 5.74) is 5.35. The van der Waals surface area contributed by atoms with Gasteiger partial charge < -0.3 is 15.8 Å². The summed E-state index contributed by atoms with van der Waals surface area (Å²) in [6.07, 6.45) is 0.507. The van der Waals surface area contributed by atoms with Gasteiger partial charge in [0.1, 0.15) is 6.10 Å². The zero-order chi connectivity index (χ0) is 11.1. The number of nitrogens with one attached hydrogen (secondary N) is 1. The summed E-state index contributed by atoms with van der Waals surface area (Å²) in [5.74, 6) is -0.0124. The first-order chi connectivity index (χ1) is 7.27. The minimum absolute atomic E-state index is 0. The Labute approximate surface area is 115 Å². The maximum Gasteiger partial charge on any atom is 0.250 e. The van der Waals surface area contributed by atoms with E-state index in [1.807, 2.05) is 0 Å². The van der Waals surface area contributed by atoms with Gasteiger partial charge in [-0.1, -0.05) is 6.92 Å². The van der Waals surface area contributed by atoms with E-state index in [1.54, 1.807) is 0 Å². The van der Waals surface area contributed by atoms with Crippen molar-refractivity contribution in [1.82, 2.24) is 10.2 Å². The van der Waals surface area contributed by atoms with Crippen molar-refractivity contribution in [3.05, 3.63) is 0 Å². The van der Waals surface area contributed by atoms with Crippen molar-refractivity contribution < 1.29 is 9.53 Å². The van der Waals surface area contributed by atoms with Crippen LogP contribution in [0.25, 0.3) is 0 Å². The van der Waals surface area contributed by atoms with Crippen molar-refractivity contribution in [2.45, 2.75) is 19.4 Å². The lowest BCUT2D eigenvalue weighted by molar-refractivity contribution is -0.138. The Morgan fingerprint density at radius 2 is 2.24 bits per heavy atom. The van der Waals surface area contributed by atoms with Crippen LogP contribution in [0.2, 0.25) is 0 Å². The lowest BCUT2D eigenvalue weighted by atomic mass is 10.2. The molecule has 17 heavy (non-hydrogen) atoms. The number of halogens is 2. The highest BCUT2D eigenvalue weighted by Gasteiger charge is 2.25. The normalized spacial score (nSPS) is 20.0. The number of carbonyl (C=O) groups excluding carboxylic acids is 1. The first-order valence-corrected chi connectivity index (χ1v) is 5.59. The molecule has 0 aromatic rings. The smallest absolute Gasteiger partial charge is 0.250 e. The van der Waals surface area contributed by atoms with E-state index in [2.05, 4.69) is 17.1 Å². The number of hydrogen-bond donors (Lipinski definition) is 2. The number of nitrogens with two attached hydrogens (primary N) is 1. The molecule has 3 N–H and O–H groups in total. The molecule has 0 saturated carbocycles. The molecule has 1 rings (SSSR count). The number of rotatable bonds is 5. The van der Waals surface area contributed by atoms with Crippen molar-refractivity contribution in [1.29, 1.82) is 0 Å². The van der Waals surface area contributed by atoms with Crippen LogP contribution in [0.15, 0.2) is 0 Å². The first kappa shape index (κ1) is 19.3. The quantitative estimate of drug-likeness (QED) is 0.700. The number of likely N-dealkylation sites (N-methyl/N-ethyl adjacent to an activating group) is 1. The number of hydrogen-bond acceptors (Lipinski definition) is 4. The standard InChI is InChI=1S/C10H21N3O2.2ClH/c1-2-13-6-7-15-9(8-13)10(14)12-5-3-4-11;;/h9H,2-8,11H2,1H3,(H,12,14);2*1H. The highest BCUT2D eigenvalue weighted by molar-refractivity contribution is 5.85. The molecule has 7 heteroatoms. The van der Waals surface area contributed by atoms with Gasteiger partial charge in [0, 0.05) is 19.6 Å². The molecular weight excluding hydrogens is 265 g/mol. The zero-order valence-electron chi connectivity index (χ0n) is 10.2. The van der Waals surface area contributed by atoms with Crippen molar-refractivity contribution in [3.8, 4) is 0 Å². The molecule has 0 bridgehead atoms.